The molecule has 0 amide bonds. The largest absolute Gasteiger partial charge is 0.507 e. The van der Waals surface area contributed by atoms with Gasteiger partial charge in [-0.2, -0.15) is 5.10 Å². The number of phenols is 2. The van der Waals surface area contributed by atoms with E-state index in [1.165, 1.54) is 24.7 Å². The number of aromatic nitrogens is 3. The fourth-order valence-corrected chi connectivity index (χ4v) is 1.82. The van der Waals surface area contributed by atoms with E-state index in [1.807, 2.05) is 0 Å². The van der Waals surface area contributed by atoms with Crippen molar-refractivity contribution >= 4 is 11.0 Å². The minimum absolute atomic E-state index is 0.0468. The zero-order valence-corrected chi connectivity index (χ0v) is 9.44. The number of nitrogens with zero attached hydrogens (tertiary/aromatic N) is 3. The number of fused-ring (bicyclic) bond motifs is 1. The average Bonchev–Trinajstić information content (AvgIpc) is 2.39. The van der Waals surface area contributed by atoms with Gasteiger partial charge in [-0.3, -0.25) is 0 Å². The maximum atomic E-state index is 11.3. The van der Waals surface area contributed by atoms with E-state index in [9.17, 15) is 15.0 Å². The molecule has 0 fully saturated rings. The minimum Gasteiger partial charge on any atom is -0.507 e. The van der Waals surface area contributed by atoms with Crippen LogP contribution in [0.3, 0.4) is 0 Å². The van der Waals surface area contributed by atoms with Gasteiger partial charge in [-0.1, -0.05) is 0 Å². The van der Waals surface area contributed by atoms with E-state index in [-0.39, 0.29) is 28.3 Å². The molecule has 0 spiro atoms. The monoisotopic (exact) mass is 257 g/mol. The summed E-state index contributed by atoms with van der Waals surface area (Å²) in [7, 11) is 0. The molecule has 7 nitrogen and oxygen atoms in total. The van der Waals surface area contributed by atoms with Crippen LogP contribution in [0.15, 0.2) is 39.9 Å². The summed E-state index contributed by atoms with van der Waals surface area (Å²) in [6.45, 7) is 0. The van der Waals surface area contributed by atoms with Crippen molar-refractivity contribution in [2.75, 3.05) is 0 Å². The molecule has 0 aliphatic heterocycles. The Morgan fingerprint density at radius 2 is 1.95 bits per heavy atom. The third kappa shape index (κ3) is 1.77. The molecule has 2 heterocycles. The first-order valence-electron chi connectivity index (χ1n) is 5.28. The van der Waals surface area contributed by atoms with E-state index in [0.29, 0.717) is 5.39 Å². The molecule has 0 saturated carbocycles. The first-order chi connectivity index (χ1) is 9.16. The van der Waals surface area contributed by atoms with Crippen LogP contribution in [0.2, 0.25) is 0 Å². The predicted molar refractivity (Wildman–Crippen MR) is 64.6 cm³/mol. The van der Waals surface area contributed by atoms with Crippen LogP contribution in [-0.4, -0.2) is 25.4 Å². The van der Waals surface area contributed by atoms with E-state index in [4.69, 9.17) is 4.42 Å². The second-order valence-corrected chi connectivity index (χ2v) is 3.78. The van der Waals surface area contributed by atoms with E-state index in [1.54, 1.807) is 0 Å². The van der Waals surface area contributed by atoms with Gasteiger partial charge in [0.1, 0.15) is 17.8 Å². The summed E-state index contributed by atoms with van der Waals surface area (Å²) in [6.07, 6.45) is 2.52. The second-order valence-electron chi connectivity index (χ2n) is 3.78. The molecule has 0 aliphatic rings. The Labute approximate surface area is 105 Å². The van der Waals surface area contributed by atoms with Crippen molar-refractivity contribution < 1.29 is 14.6 Å². The summed E-state index contributed by atoms with van der Waals surface area (Å²) in [5, 5.41) is 27.1. The summed E-state index contributed by atoms with van der Waals surface area (Å²) in [5.74, 6) is -0.457. The van der Waals surface area contributed by atoms with E-state index >= 15 is 0 Å². The minimum atomic E-state index is -0.597. The van der Waals surface area contributed by atoms with Gasteiger partial charge in [0.05, 0.1) is 22.8 Å². The molecule has 0 saturated heterocycles. The molecule has 3 aromatic rings. The zero-order chi connectivity index (χ0) is 13.4. The number of rotatable bonds is 1. The van der Waals surface area contributed by atoms with E-state index in [2.05, 4.69) is 15.2 Å². The molecule has 0 bridgehead atoms. The highest BCUT2D eigenvalue weighted by molar-refractivity contribution is 5.97. The predicted octanol–water partition coefficient (Wildman–Crippen LogP) is 1.06. The van der Waals surface area contributed by atoms with Gasteiger partial charge in [-0.05, 0) is 6.07 Å². The quantitative estimate of drug-likeness (QED) is 0.627. The lowest BCUT2D eigenvalue weighted by atomic mass is 10.1. The third-order valence-electron chi connectivity index (χ3n) is 2.62. The summed E-state index contributed by atoms with van der Waals surface area (Å²) in [4.78, 5) is 15.3. The summed E-state index contributed by atoms with van der Waals surface area (Å²) >= 11 is 0. The molecule has 0 radical (unpaired) electrons. The number of hydrogen-bond acceptors (Lipinski definition) is 7. The number of phenolic OH excluding ortho intramolecular Hbond substituents is 2. The van der Waals surface area contributed by atoms with Gasteiger partial charge in [-0.15, -0.1) is 5.10 Å². The molecule has 7 heteroatoms. The maximum absolute atomic E-state index is 11.3. The molecular weight excluding hydrogens is 250 g/mol. The van der Waals surface area contributed by atoms with Gasteiger partial charge >= 0.3 is 5.63 Å². The molecule has 0 atom stereocenters. The van der Waals surface area contributed by atoms with Crippen LogP contribution in [0.25, 0.3) is 22.2 Å². The summed E-state index contributed by atoms with van der Waals surface area (Å²) in [6, 6.07) is 3.74. The van der Waals surface area contributed by atoms with Crippen LogP contribution >= 0.6 is 0 Å². The highest BCUT2D eigenvalue weighted by Crippen LogP contribution is 2.39. The lowest BCUT2D eigenvalue weighted by Crippen LogP contribution is -1.97. The van der Waals surface area contributed by atoms with Crippen molar-refractivity contribution in [1.29, 1.82) is 0 Å². The average molecular weight is 257 g/mol. The van der Waals surface area contributed by atoms with E-state index < -0.39 is 5.63 Å². The van der Waals surface area contributed by atoms with Crippen LogP contribution in [0.1, 0.15) is 0 Å². The SMILES string of the molecule is O=c1ccc2c(O)cc(O)c(-c3cnncn3)c2o1. The van der Waals surface area contributed by atoms with Gasteiger partial charge in [0, 0.05) is 12.1 Å². The number of benzene rings is 1. The smallest absolute Gasteiger partial charge is 0.336 e. The van der Waals surface area contributed by atoms with Crippen molar-refractivity contribution in [3.8, 4) is 22.8 Å². The van der Waals surface area contributed by atoms with Crippen molar-refractivity contribution in [2.24, 2.45) is 0 Å². The normalized spacial score (nSPS) is 10.7. The Morgan fingerprint density at radius 3 is 2.68 bits per heavy atom. The third-order valence-corrected chi connectivity index (χ3v) is 2.62. The second kappa shape index (κ2) is 4.05. The maximum Gasteiger partial charge on any atom is 0.336 e. The Hall–Kier alpha value is -2.96. The van der Waals surface area contributed by atoms with Crippen molar-refractivity contribution in [3.05, 3.63) is 41.1 Å². The summed E-state index contributed by atoms with van der Waals surface area (Å²) in [5.41, 5.74) is -0.0847. The standard InChI is InChI=1S/C12H7N3O4/c16-8-3-9(17)11(7-4-14-15-5-13-7)12-6(8)1-2-10(18)19-12/h1-5,16-17H. The number of aromatic hydroxyl groups is 2. The molecule has 2 N–H and O–H groups in total. The van der Waals surface area contributed by atoms with Crippen molar-refractivity contribution in [1.82, 2.24) is 15.2 Å². The van der Waals surface area contributed by atoms with Gasteiger partial charge < -0.3 is 14.6 Å². The van der Waals surface area contributed by atoms with Gasteiger partial charge in [0.15, 0.2) is 5.58 Å². The van der Waals surface area contributed by atoms with Gasteiger partial charge in [0.2, 0.25) is 0 Å². The van der Waals surface area contributed by atoms with Gasteiger partial charge in [-0.25, -0.2) is 9.78 Å². The van der Waals surface area contributed by atoms with Crippen molar-refractivity contribution in [2.45, 2.75) is 0 Å². The Bertz CT molecular complexity index is 814. The molecule has 0 unspecified atom stereocenters. The highest BCUT2D eigenvalue weighted by atomic mass is 16.4. The zero-order valence-electron chi connectivity index (χ0n) is 9.44. The summed E-state index contributed by atoms with van der Waals surface area (Å²) < 4.78 is 5.05. The number of hydrogen-bond donors (Lipinski definition) is 2. The van der Waals surface area contributed by atoms with E-state index in [0.717, 1.165) is 6.07 Å². The molecule has 3 rings (SSSR count). The Balaban J connectivity index is 2.47. The van der Waals surface area contributed by atoms with Gasteiger partial charge in [0.25, 0.3) is 0 Å². The Kier molecular flexibility index (Phi) is 2.38. The fourth-order valence-electron chi connectivity index (χ4n) is 1.82. The Morgan fingerprint density at radius 1 is 1.11 bits per heavy atom. The fraction of sp³-hybridized carbons (Fsp3) is 0. The first-order valence-corrected chi connectivity index (χ1v) is 5.28. The first kappa shape index (κ1) is 11.1. The molecular formula is C12H7N3O4. The molecule has 94 valence electrons. The lowest BCUT2D eigenvalue weighted by molar-refractivity contribution is 0.452. The molecule has 2 aromatic heterocycles. The highest BCUT2D eigenvalue weighted by Gasteiger charge is 2.17. The molecule has 0 aliphatic carbocycles. The lowest BCUT2D eigenvalue weighted by Gasteiger charge is -2.07. The topological polar surface area (TPSA) is 109 Å². The van der Waals surface area contributed by atoms with Crippen molar-refractivity contribution in [3.63, 3.8) is 0 Å². The van der Waals surface area contributed by atoms with Crippen LogP contribution in [0.5, 0.6) is 11.5 Å². The van der Waals surface area contributed by atoms with Crippen LogP contribution in [0, 0.1) is 0 Å². The van der Waals surface area contributed by atoms with Crippen LogP contribution in [0.4, 0.5) is 0 Å². The molecule has 1 aromatic carbocycles. The molecule has 19 heavy (non-hydrogen) atoms. The van der Waals surface area contributed by atoms with Crippen LogP contribution < -0.4 is 5.63 Å². The van der Waals surface area contributed by atoms with Crippen LogP contribution in [-0.2, 0) is 0 Å².